The lowest BCUT2D eigenvalue weighted by atomic mass is 10.2. The minimum Gasteiger partial charge on any atom is -0.479 e. The molecule has 3 aromatic rings. The van der Waals surface area contributed by atoms with E-state index in [1.807, 2.05) is 6.07 Å². The number of aromatic nitrogens is 3. The Morgan fingerprint density at radius 2 is 2.06 bits per heavy atom. The van der Waals surface area contributed by atoms with Gasteiger partial charge in [0.1, 0.15) is 6.33 Å². The molecule has 1 aliphatic heterocycles. The van der Waals surface area contributed by atoms with Crippen LogP contribution in [0.5, 0.6) is 5.88 Å². The van der Waals surface area contributed by atoms with Crippen LogP contribution in [0.15, 0.2) is 30.6 Å². The van der Waals surface area contributed by atoms with Gasteiger partial charge < -0.3 is 20.5 Å². The van der Waals surface area contributed by atoms with Crippen molar-refractivity contribution in [3.05, 3.63) is 46.3 Å². The van der Waals surface area contributed by atoms with Crippen LogP contribution in [0.1, 0.15) is 5.56 Å². The van der Waals surface area contributed by atoms with Crippen molar-refractivity contribution >= 4 is 38.6 Å². The zero-order chi connectivity index (χ0) is 22.4. The molecule has 0 radical (unpaired) electrons. The highest BCUT2D eigenvalue weighted by Crippen LogP contribution is 2.26. The Hall–Kier alpha value is -3.58. The summed E-state index contributed by atoms with van der Waals surface area (Å²) in [4.78, 5) is 37.2. The summed E-state index contributed by atoms with van der Waals surface area (Å²) in [6, 6.07) is 6.53. The average molecular weight is 447 g/mol. The number of piperazine rings is 1. The van der Waals surface area contributed by atoms with Gasteiger partial charge in [0.25, 0.3) is 5.69 Å². The number of methoxy groups -OCH3 is 1. The first-order valence-corrected chi connectivity index (χ1v) is 10.0. The molecule has 0 atom stereocenters. The Bertz CT molecular complexity index is 1070. The topological polar surface area (TPSA) is 161 Å². The van der Waals surface area contributed by atoms with E-state index in [4.69, 9.17) is 15.6 Å². The van der Waals surface area contributed by atoms with Crippen LogP contribution in [0.3, 0.4) is 0 Å². The normalized spacial score (nSPS) is 14.0. The molecule has 164 valence electrons. The van der Waals surface area contributed by atoms with Crippen molar-refractivity contribution in [2.75, 3.05) is 39.0 Å². The fourth-order valence-electron chi connectivity index (χ4n) is 3.02. The van der Waals surface area contributed by atoms with E-state index in [1.165, 1.54) is 35.7 Å². The fourth-order valence-corrected chi connectivity index (χ4v) is 3.69. The molecule has 3 heterocycles. The second-order valence-electron chi connectivity index (χ2n) is 6.56. The van der Waals surface area contributed by atoms with Crippen molar-refractivity contribution in [1.82, 2.24) is 24.8 Å². The smallest absolute Gasteiger partial charge is 0.407 e. The van der Waals surface area contributed by atoms with Gasteiger partial charge in [0, 0.05) is 44.9 Å². The summed E-state index contributed by atoms with van der Waals surface area (Å²) >= 11 is 1.32. The maximum atomic E-state index is 10.8. The van der Waals surface area contributed by atoms with E-state index >= 15 is 0 Å². The number of amides is 1. The molecule has 13 heteroatoms. The molecular weight excluding hydrogens is 426 g/mol. The number of benzene rings is 1. The Morgan fingerprint density at radius 1 is 1.32 bits per heavy atom. The molecule has 1 aliphatic rings. The van der Waals surface area contributed by atoms with Gasteiger partial charge in [-0.1, -0.05) is 23.5 Å². The number of nitrogen functional groups attached to an aromatic ring is 1. The number of nitrogens with zero attached hydrogens (tertiary/aromatic N) is 6. The third-order valence-corrected chi connectivity index (χ3v) is 5.33. The minimum atomic E-state index is -0.894. The highest BCUT2D eigenvalue weighted by Gasteiger charge is 2.20. The van der Waals surface area contributed by atoms with Gasteiger partial charge in [-0.25, -0.2) is 14.8 Å². The minimum absolute atomic E-state index is 0.0849. The SMILES string of the molecule is COc1ncnc2sc(N)nc12.O=C(O)N1CCN(Cc2cccc([N+](=O)[O-])c2)CC1. The Kier molecular flexibility index (Phi) is 7.10. The summed E-state index contributed by atoms with van der Waals surface area (Å²) in [6.45, 7) is 2.85. The van der Waals surface area contributed by atoms with Crippen LogP contribution in [-0.4, -0.2) is 74.2 Å². The van der Waals surface area contributed by atoms with Crippen molar-refractivity contribution in [2.45, 2.75) is 6.54 Å². The zero-order valence-electron chi connectivity index (χ0n) is 16.7. The van der Waals surface area contributed by atoms with Crippen LogP contribution in [0.2, 0.25) is 0 Å². The summed E-state index contributed by atoms with van der Waals surface area (Å²) in [7, 11) is 1.54. The van der Waals surface area contributed by atoms with E-state index < -0.39 is 11.0 Å². The number of nitro groups is 1. The van der Waals surface area contributed by atoms with Crippen LogP contribution in [0, 0.1) is 10.1 Å². The molecule has 1 amide bonds. The second-order valence-corrected chi connectivity index (χ2v) is 7.57. The van der Waals surface area contributed by atoms with Gasteiger partial charge >= 0.3 is 6.09 Å². The lowest BCUT2D eigenvalue weighted by Gasteiger charge is -2.33. The first kappa shape index (κ1) is 22.1. The molecular formula is C18H21N7O5S. The average Bonchev–Trinajstić information content (AvgIpc) is 3.15. The summed E-state index contributed by atoms with van der Waals surface area (Å²) in [5.74, 6) is 0.466. The Labute approximate surface area is 181 Å². The molecule has 0 bridgehead atoms. The number of carboxylic acid groups (broad SMARTS) is 1. The molecule has 12 nitrogen and oxygen atoms in total. The number of hydrogen-bond donors (Lipinski definition) is 2. The molecule has 0 aliphatic carbocycles. The number of anilines is 1. The van der Waals surface area contributed by atoms with Gasteiger partial charge in [-0.15, -0.1) is 0 Å². The van der Waals surface area contributed by atoms with Crippen molar-refractivity contribution in [2.24, 2.45) is 0 Å². The maximum Gasteiger partial charge on any atom is 0.407 e. The van der Waals surface area contributed by atoms with E-state index in [0.29, 0.717) is 49.3 Å². The van der Waals surface area contributed by atoms with Crippen LogP contribution in [-0.2, 0) is 6.54 Å². The number of carbonyl (C=O) groups is 1. The van der Waals surface area contributed by atoms with Gasteiger partial charge in [0.2, 0.25) is 5.88 Å². The summed E-state index contributed by atoms with van der Waals surface area (Å²) in [5.41, 5.74) is 7.08. The molecule has 31 heavy (non-hydrogen) atoms. The van der Waals surface area contributed by atoms with Crippen LogP contribution < -0.4 is 10.5 Å². The van der Waals surface area contributed by atoms with E-state index in [0.717, 1.165) is 10.4 Å². The number of ether oxygens (including phenoxy) is 1. The largest absolute Gasteiger partial charge is 0.479 e. The molecule has 0 spiro atoms. The summed E-state index contributed by atoms with van der Waals surface area (Å²) < 4.78 is 4.98. The Balaban J connectivity index is 0.000000194. The molecule has 4 rings (SSSR count). The van der Waals surface area contributed by atoms with Crippen molar-refractivity contribution < 1.29 is 19.6 Å². The van der Waals surface area contributed by atoms with E-state index in [-0.39, 0.29) is 5.69 Å². The molecule has 3 N–H and O–H groups in total. The van der Waals surface area contributed by atoms with Crippen LogP contribution in [0.25, 0.3) is 10.3 Å². The van der Waals surface area contributed by atoms with Crippen LogP contribution in [0.4, 0.5) is 15.6 Å². The number of thiazole rings is 1. The molecule has 1 aromatic carbocycles. The van der Waals surface area contributed by atoms with E-state index in [9.17, 15) is 14.9 Å². The first-order valence-electron chi connectivity index (χ1n) is 9.22. The summed E-state index contributed by atoms with van der Waals surface area (Å²) in [6.07, 6.45) is 0.536. The van der Waals surface area contributed by atoms with Crippen molar-refractivity contribution in [1.29, 1.82) is 0 Å². The molecule has 0 saturated carbocycles. The van der Waals surface area contributed by atoms with Gasteiger partial charge in [-0.3, -0.25) is 15.0 Å². The fraction of sp³-hybridized carbons (Fsp3) is 0.333. The summed E-state index contributed by atoms with van der Waals surface area (Å²) in [5, 5.41) is 20.0. The maximum absolute atomic E-state index is 10.8. The number of rotatable bonds is 4. The predicted molar refractivity (Wildman–Crippen MR) is 114 cm³/mol. The predicted octanol–water partition coefficient (Wildman–Crippen LogP) is 2.07. The highest BCUT2D eigenvalue weighted by atomic mass is 32.1. The van der Waals surface area contributed by atoms with Gasteiger partial charge in [0.15, 0.2) is 15.5 Å². The lowest BCUT2D eigenvalue weighted by Crippen LogP contribution is -2.47. The third-order valence-electron chi connectivity index (χ3n) is 4.54. The highest BCUT2D eigenvalue weighted by molar-refractivity contribution is 7.21. The molecule has 1 saturated heterocycles. The number of non-ortho nitro benzene ring substituents is 1. The van der Waals surface area contributed by atoms with Gasteiger partial charge in [0.05, 0.1) is 12.0 Å². The monoisotopic (exact) mass is 447 g/mol. The van der Waals surface area contributed by atoms with Crippen molar-refractivity contribution in [3.63, 3.8) is 0 Å². The molecule has 2 aromatic heterocycles. The number of nitrogens with two attached hydrogens (primary N) is 1. The van der Waals surface area contributed by atoms with E-state index in [2.05, 4.69) is 19.9 Å². The number of nitro benzene ring substituents is 1. The zero-order valence-corrected chi connectivity index (χ0v) is 17.5. The third kappa shape index (κ3) is 5.73. The molecule has 0 unspecified atom stereocenters. The molecule has 1 fully saturated rings. The van der Waals surface area contributed by atoms with E-state index in [1.54, 1.807) is 12.1 Å². The first-order chi connectivity index (χ1) is 14.9. The number of hydrogen-bond acceptors (Lipinski definition) is 10. The standard InChI is InChI=1S/C12H15N3O4.C6H6N4OS/c16-12(17)14-6-4-13(5-7-14)9-10-2-1-3-11(8-10)15(18)19;1-11-4-3-5(9-2-8-4)12-6(7)10-3/h1-3,8H,4-7,9H2,(H,16,17);2H,1H3,(H2,7,10). The second kappa shape index (κ2) is 9.95. The lowest BCUT2D eigenvalue weighted by molar-refractivity contribution is -0.384. The number of fused-ring (bicyclic) bond motifs is 1. The Morgan fingerprint density at radius 3 is 2.71 bits per heavy atom. The van der Waals surface area contributed by atoms with Gasteiger partial charge in [-0.05, 0) is 5.56 Å². The van der Waals surface area contributed by atoms with Crippen LogP contribution >= 0.6 is 11.3 Å². The van der Waals surface area contributed by atoms with Gasteiger partial charge in [-0.2, -0.15) is 4.98 Å². The quantitative estimate of drug-likeness (QED) is 0.447. The van der Waals surface area contributed by atoms with Crippen molar-refractivity contribution in [3.8, 4) is 5.88 Å².